The third-order valence-electron chi connectivity index (χ3n) is 4.26. The van der Waals surface area contributed by atoms with Gasteiger partial charge in [0.25, 0.3) is 0 Å². The van der Waals surface area contributed by atoms with E-state index in [2.05, 4.69) is 11.6 Å². The van der Waals surface area contributed by atoms with Gasteiger partial charge in [0.2, 0.25) is 11.8 Å². The summed E-state index contributed by atoms with van der Waals surface area (Å²) in [6.07, 6.45) is 5.83. The van der Waals surface area contributed by atoms with E-state index in [0.29, 0.717) is 18.9 Å². The molecule has 0 aromatic rings. The average Bonchev–Trinajstić information content (AvgIpc) is 3.20. The van der Waals surface area contributed by atoms with Crippen LogP contribution in [0, 0.1) is 5.92 Å². The van der Waals surface area contributed by atoms with Gasteiger partial charge in [-0.3, -0.25) is 9.59 Å². The highest BCUT2D eigenvalue weighted by Gasteiger charge is 2.51. The van der Waals surface area contributed by atoms with Gasteiger partial charge in [0.15, 0.2) is 0 Å². The molecule has 0 radical (unpaired) electrons. The van der Waals surface area contributed by atoms with E-state index in [1.54, 1.807) is 11.8 Å². The molecule has 1 saturated carbocycles. The molecule has 0 aromatic heterocycles. The third-order valence-corrected chi connectivity index (χ3v) is 4.96. The van der Waals surface area contributed by atoms with E-state index < -0.39 is 5.54 Å². The second-order valence-electron chi connectivity index (χ2n) is 5.80. The van der Waals surface area contributed by atoms with E-state index in [1.807, 2.05) is 18.7 Å². The van der Waals surface area contributed by atoms with Crippen LogP contribution in [0.15, 0.2) is 0 Å². The molecule has 0 spiro atoms. The van der Waals surface area contributed by atoms with Crippen LogP contribution in [0.4, 0.5) is 0 Å². The van der Waals surface area contributed by atoms with Crippen LogP contribution in [0.2, 0.25) is 0 Å². The van der Waals surface area contributed by atoms with Gasteiger partial charge >= 0.3 is 0 Å². The Morgan fingerprint density at radius 2 is 2.11 bits per heavy atom. The third kappa shape index (κ3) is 2.91. The lowest BCUT2D eigenvalue weighted by atomic mass is 9.90. The Morgan fingerprint density at radius 3 is 2.63 bits per heavy atom. The van der Waals surface area contributed by atoms with Crippen molar-refractivity contribution < 1.29 is 9.59 Å². The van der Waals surface area contributed by atoms with E-state index in [-0.39, 0.29) is 17.9 Å². The van der Waals surface area contributed by atoms with E-state index in [9.17, 15) is 9.59 Å². The molecule has 19 heavy (non-hydrogen) atoms. The molecule has 1 N–H and O–H groups in total. The standard InChI is InChI=1S/C14H24N2O2S/c1-4-14(2)13(18)16(8-5-9-19-3)11(10-6-7-10)12(17)15-14/h10-11H,4-9H2,1-3H3,(H,15,17). The Balaban J connectivity index is 2.14. The zero-order valence-electron chi connectivity index (χ0n) is 12.1. The summed E-state index contributed by atoms with van der Waals surface area (Å²) in [5.74, 6) is 1.58. The van der Waals surface area contributed by atoms with Crippen molar-refractivity contribution >= 4 is 23.6 Å². The number of hydrogen-bond acceptors (Lipinski definition) is 3. The van der Waals surface area contributed by atoms with Gasteiger partial charge in [-0.2, -0.15) is 11.8 Å². The largest absolute Gasteiger partial charge is 0.340 e. The zero-order valence-corrected chi connectivity index (χ0v) is 12.9. The highest BCUT2D eigenvalue weighted by atomic mass is 32.2. The molecule has 0 aromatic carbocycles. The number of rotatable bonds is 6. The van der Waals surface area contributed by atoms with Crippen LogP contribution >= 0.6 is 11.8 Å². The SMILES string of the molecule is CCC1(C)NC(=O)C(C2CC2)N(CCCSC)C1=O. The summed E-state index contributed by atoms with van der Waals surface area (Å²) in [6, 6.07) is -0.214. The Morgan fingerprint density at radius 1 is 1.42 bits per heavy atom. The first-order chi connectivity index (χ1) is 9.03. The maximum absolute atomic E-state index is 12.7. The van der Waals surface area contributed by atoms with Crippen LogP contribution < -0.4 is 5.32 Å². The molecular weight excluding hydrogens is 260 g/mol. The van der Waals surface area contributed by atoms with Gasteiger partial charge in [-0.25, -0.2) is 0 Å². The normalized spacial score (nSPS) is 31.5. The zero-order chi connectivity index (χ0) is 14.0. The molecule has 108 valence electrons. The van der Waals surface area contributed by atoms with Gasteiger partial charge in [0.05, 0.1) is 0 Å². The lowest BCUT2D eigenvalue weighted by molar-refractivity contribution is -0.155. The number of hydrogen-bond donors (Lipinski definition) is 1. The van der Waals surface area contributed by atoms with Crippen molar-refractivity contribution in [2.45, 2.75) is 51.1 Å². The monoisotopic (exact) mass is 284 g/mol. The minimum absolute atomic E-state index is 0.0515. The molecule has 2 unspecified atom stereocenters. The second-order valence-corrected chi connectivity index (χ2v) is 6.79. The van der Waals surface area contributed by atoms with Crippen molar-refractivity contribution in [2.24, 2.45) is 5.92 Å². The number of piperazine rings is 1. The molecule has 2 amide bonds. The maximum atomic E-state index is 12.7. The number of carbonyl (C=O) groups excluding carboxylic acids is 2. The molecule has 4 nitrogen and oxygen atoms in total. The van der Waals surface area contributed by atoms with Crippen molar-refractivity contribution in [3.63, 3.8) is 0 Å². The first-order valence-electron chi connectivity index (χ1n) is 7.15. The van der Waals surface area contributed by atoms with E-state index >= 15 is 0 Å². The smallest absolute Gasteiger partial charge is 0.248 e. The molecule has 2 fully saturated rings. The Bertz CT molecular complexity index is 370. The predicted octanol–water partition coefficient (Wildman–Crippen LogP) is 1.65. The van der Waals surface area contributed by atoms with Crippen molar-refractivity contribution in [2.75, 3.05) is 18.6 Å². The minimum atomic E-state index is -0.707. The number of nitrogens with zero attached hydrogens (tertiary/aromatic N) is 1. The fourth-order valence-electron chi connectivity index (χ4n) is 2.72. The van der Waals surface area contributed by atoms with E-state index in [0.717, 1.165) is 25.0 Å². The van der Waals surface area contributed by atoms with Crippen LogP contribution in [-0.2, 0) is 9.59 Å². The van der Waals surface area contributed by atoms with Crippen molar-refractivity contribution in [3.8, 4) is 0 Å². The topological polar surface area (TPSA) is 49.4 Å². The van der Waals surface area contributed by atoms with Crippen molar-refractivity contribution in [1.29, 1.82) is 0 Å². The van der Waals surface area contributed by atoms with Gasteiger partial charge in [0.1, 0.15) is 11.6 Å². The lowest BCUT2D eigenvalue weighted by Gasteiger charge is -2.44. The average molecular weight is 284 g/mol. The van der Waals surface area contributed by atoms with Crippen LogP contribution in [0.3, 0.4) is 0 Å². The maximum Gasteiger partial charge on any atom is 0.248 e. The fraction of sp³-hybridized carbons (Fsp3) is 0.857. The molecule has 0 bridgehead atoms. The van der Waals surface area contributed by atoms with Crippen molar-refractivity contribution in [3.05, 3.63) is 0 Å². The molecular formula is C14H24N2O2S. The number of thioether (sulfide) groups is 1. The quantitative estimate of drug-likeness (QED) is 0.755. The summed E-state index contributed by atoms with van der Waals surface area (Å²) < 4.78 is 0. The summed E-state index contributed by atoms with van der Waals surface area (Å²) in [5.41, 5.74) is -0.707. The van der Waals surface area contributed by atoms with Gasteiger partial charge in [0, 0.05) is 6.54 Å². The lowest BCUT2D eigenvalue weighted by Crippen LogP contribution is -2.69. The molecule has 5 heteroatoms. The summed E-state index contributed by atoms with van der Waals surface area (Å²) in [6.45, 7) is 4.51. The van der Waals surface area contributed by atoms with Gasteiger partial charge in [-0.15, -0.1) is 0 Å². The minimum Gasteiger partial charge on any atom is -0.340 e. The van der Waals surface area contributed by atoms with Gasteiger partial charge < -0.3 is 10.2 Å². The second kappa shape index (κ2) is 5.73. The fourth-order valence-corrected chi connectivity index (χ4v) is 3.14. The Kier molecular flexibility index (Phi) is 4.43. The highest BCUT2D eigenvalue weighted by Crippen LogP contribution is 2.38. The van der Waals surface area contributed by atoms with Gasteiger partial charge in [-0.05, 0) is 50.5 Å². The van der Waals surface area contributed by atoms with Crippen LogP contribution in [0.5, 0.6) is 0 Å². The first kappa shape index (κ1) is 14.7. The Labute approximate surface area is 119 Å². The number of nitrogens with one attached hydrogen (secondary N) is 1. The Hall–Kier alpha value is -0.710. The van der Waals surface area contributed by atoms with E-state index in [4.69, 9.17) is 0 Å². The molecule has 2 aliphatic rings. The van der Waals surface area contributed by atoms with Crippen LogP contribution in [-0.4, -0.2) is 46.8 Å². The first-order valence-corrected chi connectivity index (χ1v) is 8.55. The molecule has 1 saturated heterocycles. The molecule has 1 aliphatic carbocycles. The highest BCUT2D eigenvalue weighted by molar-refractivity contribution is 7.98. The van der Waals surface area contributed by atoms with Crippen LogP contribution in [0.25, 0.3) is 0 Å². The van der Waals surface area contributed by atoms with Gasteiger partial charge in [-0.1, -0.05) is 6.92 Å². The summed E-state index contributed by atoms with van der Waals surface area (Å²) in [7, 11) is 0. The van der Waals surface area contributed by atoms with Crippen LogP contribution in [0.1, 0.15) is 39.5 Å². The van der Waals surface area contributed by atoms with E-state index in [1.165, 1.54) is 0 Å². The molecule has 1 aliphatic heterocycles. The summed E-state index contributed by atoms with van der Waals surface area (Å²) >= 11 is 1.78. The predicted molar refractivity (Wildman–Crippen MR) is 78.1 cm³/mol. The molecule has 2 atom stereocenters. The molecule has 1 heterocycles. The number of carbonyl (C=O) groups is 2. The molecule has 2 rings (SSSR count). The van der Waals surface area contributed by atoms with Crippen molar-refractivity contribution in [1.82, 2.24) is 10.2 Å². The number of amides is 2. The summed E-state index contributed by atoms with van der Waals surface area (Å²) in [5, 5.41) is 2.95. The summed E-state index contributed by atoms with van der Waals surface area (Å²) in [4.78, 5) is 26.9.